The van der Waals surface area contributed by atoms with Gasteiger partial charge in [0.05, 0.1) is 6.04 Å². The van der Waals surface area contributed by atoms with Gasteiger partial charge in [-0.05, 0) is 24.6 Å². The number of amides is 1. The lowest BCUT2D eigenvalue weighted by molar-refractivity contribution is -0.172. The summed E-state index contributed by atoms with van der Waals surface area (Å²) in [6.07, 6.45) is -1.09. The average molecular weight is 363 g/mol. The van der Waals surface area contributed by atoms with E-state index >= 15 is 0 Å². The Morgan fingerprint density at radius 3 is 2.85 bits per heavy atom. The van der Waals surface area contributed by atoms with E-state index in [2.05, 4.69) is 15.9 Å². The second kappa shape index (κ2) is 6.11. The van der Waals surface area contributed by atoms with Crippen LogP contribution in [0.3, 0.4) is 0 Å². The van der Waals surface area contributed by atoms with E-state index < -0.39 is 18.1 Å². The Labute approximate surface area is 129 Å². The molecule has 7 heteroatoms. The zero-order valence-corrected chi connectivity index (χ0v) is 13.0. The molecule has 1 saturated heterocycles. The highest BCUT2D eigenvalue weighted by Crippen LogP contribution is 2.35. The van der Waals surface area contributed by atoms with Crippen molar-refractivity contribution in [2.24, 2.45) is 0 Å². The Morgan fingerprint density at radius 1 is 1.60 bits per heavy atom. The average Bonchev–Trinajstić information content (AvgIpc) is 2.38. The molecule has 20 heavy (non-hydrogen) atoms. The fourth-order valence-electron chi connectivity index (χ4n) is 2.31. The number of carboxylic acids is 1. The third-order valence-electron chi connectivity index (χ3n) is 3.19. The molecular weight excluding hydrogens is 350 g/mol. The number of morpholine rings is 1. The quantitative estimate of drug-likeness (QED) is 0.897. The first-order valence-electron chi connectivity index (χ1n) is 6.04. The first-order valence-corrected chi connectivity index (χ1v) is 7.21. The Hall–Kier alpha value is -1.11. The largest absolute Gasteiger partial charge is 0.479 e. The molecule has 0 aromatic heterocycles. The van der Waals surface area contributed by atoms with Crippen molar-refractivity contribution >= 4 is 39.4 Å². The Morgan fingerprint density at radius 2 is 2.30 bits per heavy atom. The van der Waals surface area contributed by atoms with Crippen LogP contribution in [0.1, 0.15) is 18.5 Å². The summed E-state index contributed by atoms with van der Waals surface area (Å²) in [7, 11) is 0. The number of hydrogen-bond acceptors (Lipinski definition) is 3. The maximum Gasteiger partial charge on any atom is 0.335 e. The Balaban J connectivity index is 2.49. The summed E-state index contributed by atoms with van der Waals surface area (Å²) < 4.78 is 5.84. The molecule has 0 bridgehead atoms. The fraction of sp³-hybridized carbons (Fsp3) is 0.385. The molecule has 0 spiro atoms. The van der Waals surface area contributed by atoms with Crippen molar-refractivity contribution in [3.05, 3.63) is 33.3 Å². The lowest BCUT2D eigenvalue weighted by Gasteiger charge is -2.39. The van der Waals surface area contributed by atoms with E-state index in [1.807, 2.05) is 0 Å². The molecule has 1 fully saturated rings. The minimum absolute atomic E-state index is 0.216. The molecule has 1 aliphatic heterocycles. The molecule has 5 nitrogen and oxygen atoms in total. The number of halogens is 2. The molecule has 0 aliphatic carbocycles. The standard InChI is InChI=1S/C13H13BrClNO4/c1-2-16-10(17)6-20-12(13(18)19)11(16)8-4-3-7(15)5-9(8)14/h3-5,11-12H,2,6H2,1H3,(H,18,19). The van der Waals surface area contributed by atoms with Crippen LogP contribution < -0.4 is 0 Å². The minimum atomic E-state index is -1.09. The van der Waals surface area contributed by atoms with Crippen molar-refractivity contribution in [2.45, 2.75) is 19.1 Å². The third kappa shape index (κ3) is 2.82. The minimum Gasteiger partial charge on any atom is -0.479 e. The molecular formula is C13H13BrClNO4. The van der Waals surface area contributed by atoms with Gasteiger partial charge in [-0.3, -0.25) is 4.79 Å². The first kappa shape index (κ1) is 15.3. The monoisotopic (exact) mass is 361 g/mol. The molecule has 2 atom stereocenters. The van der Waals surface area contributed by atoms with Crippen molar-refractivity contribution in [3.8, 4) is 0 Å². The Kier molecular flexibility index (Phi) is 4.67. The van der Waals surface area contributed by atoms with Gasteiger partial charge in [-0.15, -0.1) is 0 Å². The second-order valence-electron chi connectivity index (χ2n) is 4.36. The summed E-state index contributed by atoms with van der Waals surface area (Å²) in [4.78, 5) is 24.8. The van der Waals surface area contributed by atoms with Crippen LogP contribution in [-0.4, -0.2) is 41.1 Å². The summed E-state index contributed by atoms with van der Waals surface area (Å²) >= 11 is 9.26. The van der Waals surface area contributed by atoms with Gasteiger partial charge in [-0.2, -0.15) is 0 Å². The first-order chi connectivity index (χ1) is 9.45. The molecule has 1 amide bonds. The van der Waals surface area contributed by atoms with Crippen LogP contribution in [0.15, 0.2) is 22.7 Å². The molecule has 1 aromatic carbocycles. The summed E-state index contributed by atoms with van der Waals surface area (Å²) in [5.74, 6) is -1.32. The van der Waals surface area contributed by atoms with E-state index in [4.69, 9.17) is 16.3 Å². The fourth-order valence-corrected chi connectivity index (χ4v) is 3.22. The number of benzene rings is 1. The van der Waals surface area contributed by atoms with E-state index in [1.165, 1.54) is 4.90 Å². The third-order valence-corrected chi connectivity index (χ3v) is 4.12. The van der Waals surface area contributed by atoms with Gasteiger partial charge >= 0.3 is 5.97 Å². The number of hydrogen-bond donors (Lipinski definition) is 1. The highest BCUT2D eigenvalue weighted by Gasteiger charge is 2.41. The number of carboxylic acid groups (broad SMARTS) is 1. The molecule has 0 saturated carbocycles. The van der Waals surface area contributed by atoms with Gasteiger partial charge in [-0.25, -0.2) is 4.79 Å². The van der Waals surface area contributed by atoms with E-state index in [1.54, 1.807) is 25.1 Å². The van der Waals surface area contributed by atoms with Crippen LogP contribution in [0.25, 0.3) is 0 Å². The van der Waals surface area contributed by atoms with Crippen LogP contribution in [-0.2, 0) is 14.3 Å². The highest BCUT2D eigenvalue weighted by atomic mass is 79.9. The van der Waals surface area contributed by atoms with Crippen molar-refractivity contribution < 1.29 is 19.4 Å². The number of nitrogens with zero attached hydrogens (tertiary/aromatic N) is 1. The number of aliphatic carboxylic acids is 1. The summed E-state index contributed by atoms with van der Waals surface area (Å²) in [6, 6.07) is 4.36. The number of ether oxygens (including phenoxy) is 1. The predicted molar refractivity (Wildman–Crippen MR) is 76.7 cm³/mol. The molecule has 1 N–H and O–H groups in total. The van der Waals surface area contributed by atoms with E-state index in [0.717, 1.165) is 0 Å². The second-order valence-corrected chi connectivity index (χ2v) is 5.65. The topological polar surface area (TPSA) is 66.8 Å². The summed E-state index contributed by atoms with van der Waals surface area (Å²) in [6.45, 7) is 2.00. The lowest BCUT2D eigenvalue weighted by Crippen LogP contribution is -2.51. The molecule has 1 aliphatic rings. The van der Waals surface area contributed by atoms with Gasteiger partial charge in [0.1, 0.15) is 6.61 Å². The number of carbonyl (C=O) groups is 2. The normalized spacial score (nSPS) is 22.9. The predicted octanol–water partition coefficient (Wildman–Crippen LogP) is 2.48. The maximum absolute atomic E-state index is 11.9. The number of carbonyl (C=O) groups excluding carboxylic acids is 1. The van der Waals surface area contributed by atoms with Crippen LogP contribution in [0, 0.1) is 0 Å². The van der Waals surface area contributed by atoms with Crippen molar-refractivity contribution in [3.63, 3.8) is 0 Å². The zero-order chi connectivity index (χ0) is 14.9. The molecule has 108 valence electrons. The molecule has 2 unspecified atom stereocenters. The SMILES string of the molecule is CCN1C(=O)COC(C(=O)O)C1c1ccc(Cl)cc1Br. The lowest BCUT2D eigenvalue weighted by atomic mass is 9.98. The van der Waals surface area contributed by atoms with Crippen LogP contribution in [0.2, 0.25) is 5.02 Å². The van der Waals surface area contributed by atoms with Crippen LogP contribution >= 0.6 is 27.5 Å². The number of rotatable bonds is 3. The summed E-state index contributed by atoms with van der Waals surface area (Å²) in [5, 5.41) is 9.84. The van der Waals surface area contributed by atoms with E-state index in [-0.39, 0.29) is 12.5 Å². The van der Waals surface area contributed by atoms with E-state index in [0.29, 0.717) is 21.6 Å². The van der Waals surface area contributed by atoms with Gasteiger partial charge in [0.15, 0.2) is 6.10 Å². The molecule has 0 radical (unpaired) electrons. The van der Waals surface area contributed by atoms with Crippen molar-refractivity contribution in [2.75, 3.05) is 13.2 Å². The van der Waals surface area contributed by atoms with Gasteiger partial charge in [0.25, 0.3) is 0 Å². The van der Waals surface area contributed by atoms with Crippen LogP contribution in [0.5, 0.6) is 0 Å². The smallest absolute Gasteiger partial charge is 0.335 e. The van der Waals surface area contributed by atoms with Gasteiger partial charge in [0, 0.05) is 16.0 Å². The Bertz CT molecular complexity index is 549. The number of likely N-dealkylation sites (N-methyl/N-ethyl adjacent to an activating group) is 1. The highest BCUT2D eigenvalue weighted by molar-refractivity contribution is 9.10. The van der Waals surface area contributed by atoms with Crippen molar-refractivity contribution in [1.82, 2.24) is 4.90 Å². The molecule has 1 heterocycles. The molecule has 1 aromatic rings. The van der Waals surface area contributed by atoms with Gasteiger partial charge in [-0.1, -0.05) is 33.6 Å². The van der Waals surface area contributed by atoms with Gasteiger partial charge in [0.2, 0.25) is 5.91 Å². The van der Waals surface area contributed by atoms with E-state index in [9.17, 15) is 14.7 Å². The van der Waals surface area contributed by atoms with Crippen LogP contribution in [0.4, 0.5) is 0 Å². The zero-order valence-electron chi connectivity index (χ0n) is 10.7. The van der Waals surface area contributed by atoms with Crippen molar-refractivity contribution in [1.29, 1.82) is 0 Å². The summed E-state index contributed by atoms with van der Waals surface area (Å²) in [5.41, 5.74) is 0.664. The molecule has 2 rings (SSSR count). The maximum atomic E-state index is 11.9. The van der Waals surface area contributed by atoms with Gasteiger partial charge < -0.3 is 14.7 Å².